The zero-order chi connectivity index (χ0) is 20.5. The summed E-state index contributed by atoms with van der Waals surface area (Å²) in [6.45, 7) is 14.9. The van der Waals surface area contributed by atoms with Gasteiger partial charge in [-0.1, -0.05) is 32.0 Å². The molecular formula is C22H40IN5O. The summed E-state index contributed by atoms with van der Waals surface area (Å²) >= 11 is 0. The van der Waals surface area contributed by atoms with Gasteiger partial charge >= 0.3 is 0 Å². The Hall–Kier alpha value is -1.06. The molecule has 2 atom stereocenters. The fourth-order valence-corrected chi connectivity index (χ4v) is 3.55. The number of aryl methyl sites for hydroxylation is 1. The Labute approximate surface area is 194 Å². The molecule has 0 bridgehead atoms. The van der Waals surface area contributed by atoms with Gasteiger partial charge < -0.3 is 20.3 Å². The van der Waals surface area contributed by atoms with Crippen LogP contribution in [-0.4, -0.2) is 81.3 Å². The van der Waals surface area contributed by atoms with Gasteiger partial charge in [0.05, 0.1) is 6.54 Å². The molecule has 166 valence electrons. The van der Waals surface area contributed by atoms with Crippen molar-refractivity contribution in [2.75, 3.05) is 53.4 Å². The standard InChI is InChI=1S/C22H39N5O.HI/c1-17(2)20(27-13-11-26(6)12-14-27)16-25-22(23-5)24-15-19(4)28-21-10-8-7-9-18(21)3;/h7-10,17,19-20H,11-16H2,1-6H3,(H2,23,24,25);1H. The largest absolute Gasteiger partial charge is 0.489 e. The van der Waals surface area contributed by atoms with Crippen molar-refractivity contribution in [2.45, 2.75) is 39.8 Å². The molecule has 2 rings (SSSR count). The molecule has 0 amide bonds. The van der Waals surface area contributed by atoms with Gasteiger partial charge in [-0.3, -0.25) is 9.89 Å². The van der Waals surface area contributed by atoms with Crippen molar-refractivity contribution >= 4 is 29.9 Å². The Morgan fingerprint density at radius 1 is 1.07 bits per heavy atom. The third-order valence-corrected chi connectivity index (χ3v) is 5.46. The quantitative estimate of drug-likeness (QED) is 0.316. The lowest BCUT2D eigenvalue weighted by Crippen LogP contribution is -2.55. The maximum Gasteiger partial charge on any atom is 0.191 e. The number of rotatable bonds is 8. The van der Waals surface area contributed by atoms with Gasteiger partial charge in [-0.25, -0.2) is 0 Å². The highest BCUT2D eigenvalue weighted by molar-refractivity contribution is 14.0. The molecule has 7 heteroatoms. The molecule has 0 aromatic heterocycles. The molecule has 0 spiro atoms. The molecule has 0 aliphatic carbocycles. The highest BCUT2D eigenvalue weighted by Crippen LogP contribution is 2.17. The predicted octanol–water partition coefficient (Wildman–Crippen LogP) is 2.82. The minimum Gasteiger partial charge on any atom is -0.489 e. The maximum atomic E-state index is 6.05. The summed E-state index contributed by atoms with van der Waals surface area (Å²) in [5.41, 5.74) is 1.16. The second-order valence-electron chi connectivity index (χ2n) is 8.18. The number of hydrogen-bond donors (Lipinski definition) is 2. The number of para-hydroxylation sites is 1. The van der Waals surface area contributed by atoms with E-state index in [0.29, 0.717) is 18.5 Å². The first-order valence-electron chi connectivity index (χ1n) is 10.5. The number of hydrogen-bond acceptors (Lipinski definition) is 4. The molecule has 1 aromatic carbocycles. The van der Waals surface area contributed by atoms with Crippen LogP contribution in [0.2, 0.25) is 0 Å². The molecule has 1 aromatic rings. The molecule has 1 aliphatic rings. The van der Waals surface area contributed by atoms with Crippen molar-refractivity contribution in [2.24, 2.45) is 10.9 Å². The van der Waals surface area contributed by atoms with Crippen LogP contribution in [0.25, 0.3) is 0 Å². The Morgan fingerprint density at radius 3 is 2.28 bits per heavy atom. The minimum atomic E-state index is 0. The number of piperazine rings is 1. The minimum absolute atomic E-state index is 0. The van der Waals surface area contributed by atoms with E-state index in [0.717, 1.165) is 50.0 Å². The summed E-state index contributed by atoms with van der Waals surface area (Å²) in [4.78, 5) is 9.39. The van der Waals surface area contributed by atoms with Crippen LogP contribution in [0, 0.1) is 12.8 Å². The van der Waals surface area contributed by atoms with Crippen molar-refractivity contribution < 1.29 is 4.74 Å². The first-order valence-corrected chi connectivity index (χ1v) is 10.5. The lowest BCUT2D eigenvalue weighted by molar-refractivity contribution is 0.0899. The van der Waals surface area contributed by atoms with E-state index < -0.39 is 0 Å². The van der Waals surface area contributed by atoms with E-state index >= 15 is 0 Å². The molecule has 0 saturated carbocycles. The van der Waals surface area contributed by atoms with Gasteiger partial charge in [0.25, 0.3) is 0 Å². The zero-order valence-corrected chi connectivity index (χ0v) is 21.3. The van der Waals surface area contributed by atoms with Gasteiger partial charge in [0.15, 0.2) is 5.96 Å². The summed E-state index contributed by atoms with van der Waals surface area (Å²) in [7, 11) is 4.02. The average Bonchev–Trinajstić information content (AvgIpc) is 2.67. The molecular weight excluding hydrogens is 477 g/mol. The number of nitrogens with one attached hydrogen (secondary N) is 2. The van der Waals surface area contributed by atoms with Gasteiger partial charge in [0.2, 0.25) is 0 Å². The number of halogens is 1. The average molecular weight is 518 g/mol. The SMILES string of the molecule is CN=C(NCC(C)Oc1ccccc1C)NCC(C(C)C)N1CCN(C)CC1.I. The lowest BCUT2D eigenvalue weighted by Gasteiger charge is -2.40. The molecule has 1 fully saturated rings. The van der Waals surface area contributed by atoms with E-state index in [4.69, 9.17) is 4.74 Å². The van der Waals surface area contributed by atoms with Crippen molar-refractivity contribution in [3.05, 3.63) is 29.8 Å². The summed E-state index contributed by atoms with van der Waals surface area (Å²) in [5.74, 6) is 2.37. The van der Waals surface area contributed by atoms with Crippen LogP contribution in [0.5, 0.6) is 5.75 Å². The van der Waals surface area contributed by atoms with Gasteiger partial charge in [-0.15, -0.1) is 24.0 Å². The molecule has 0 radical (unpaired) electrons. The second kappa shape index (κ2) is 13.3. The Balaban J connectivity index is 0.00000420. The van der Waals surface area contributed by atoms with E-state index in [-0.39, 0.29) is 30.1 Å². The van der Waals surface area contributed by atoms with Crippen molar-refractivity contribution in [3.63, 3.8) is 0 Å². The van der Waals surface area contributed by atoms with Crippen LogP contribution in [0.4, 0.5) is 0 Å². The van der Waals surface area contributed by atoms with Crippen LogP contribution in [0.15, 0.2) is 29.3 Å². The predicted molar refractivity (Wildman–Crippen MR) is 134 cm³/mol. The summed E-state index contributed by atoms with van der Waals surface area (Å²) in [5, 5.41) is 6.92. The Morgan fingerprint density at radius 2 is 1.69 bits per heavy atom. The first kappa shape index (κ1) is 26.0. The Bertz CT molecular complexity index is 617. The monoisotopic (exact) mass is 517 g/mol. The number of ether oxygens (including phenoxy) is 1. The molecule has 2 N–H and O–H groups in total. The van der Waals surface area contributed by atoms with E-state index in [1.807, 2.05) is 25.2 Å². The van der Waals surface area contributed by atoms with Gasteiger partial charge in [-0.2, -0.15) is 0 Å². The molecule has 29 heavy (non-hydrogen) atoms. The summed E-state index contributed by atoms with van der Waals surface area (Å²) in [6.07, 6.45) is 0.0539. The van der Waals surface area contributed by atoms with Crippen LogP contribution in [0.1, 0.15) is 26.3 Å². The first-order chi connectivity index (χ1) is 13.4. The molecule has 1 heterocycles. The van der Waals surface area contributed by atoms with Crippen molar-refractivity contribution in [3.8, 4) is 5.75 Å². The van der Waals surface area contributed by atoms with Crippen molar-refractivity contribution in [1.29, 1.82) is 0 Å². The zero-order valence-electron chi connectivity index (χ0n) is 18.9. The third-order valence-electron chi connectivity index (χ3n) is 5.46. The summed E-state index contributed by atoms with van der Waals surface area (Å²) < 4.78 is 6.05. The summed E-state index contributed by atoms with van der Waals surface area (Å²) in [6, 6.07) is 8.63. The van der Waals surface area contributed by atoms with Crippen LogP contribution in [0.3, 0.4) is 0 Å². The van der Waals surface area contributed by atoms with E-state index in [9.17, 15) is 0 Å². The molecule has 2 unspecified atom stereocenters. The third kappa shape index (κ3) is 8.68. The molecule has 1 aliphatic heterocycles. The molecule has 1 saturated heterocycles. The van der Waals surface area contributed by atoms with Crippen LogP contribution < -0.4 is 15.4 Å². The van der Waals surface area contributed by atoms with Gasteiger partial charge in [-0.05, 0) is 38.4 Å². The van der Waals surface area contributed by atoms with E-state index in [2.05, 4.69) is 66.2 Å². The number of nitrogens with zero attached hydrogens (tertiary/aromatic N) is 3. The topological polar surface area (TPSA) is 52.1 Å². The number of benzene rings is 1. The Kier molecular flexibility index (Phi) is 11.9. The fraction of sp³-hybridized carbons (Fsp3) is 0.682. The van der Waals surface area contributed by atoms with Gasteiger partial charge in [0.1, 0.15) is 11.9 Å². The highest BCUT2D eigenvalue weighted by atomic mass is 127. The van der Waals surface area contributed by atoms with Crippen LogP contribution >= 0.6 is 24.0 Å². The maximum absolute atomic E-state index is 6.05. The number of likely N-dealkylation sites (N-methyl/N-ethyl adjacent to an activating group) is 1. The van der Waals surface area contributed by atoms with Crippen LogP contribution in [-0.2, 0) is 0 Å². The second-order valence-corrected chi connectivity index (χ2v) is 8.18. The highest BCUT2D eigenvalue weighted by Gasteiger charge is 2.25. The van der Waals surface area contributed by atoms with Gasteiger partial charge in [0, 0.05) is 45.8 Å². The number of aliphatic imine (C=N–C) groups is 1. The van der Waals surface area contributed by atoms with E-state index in [1.54, 1.807) is 0 Å². The number of guanidine groups is 1. The van der Waals surface area contributed by atoms with E-state index in [1.165, 1.54) is 0 Å². The van der Waals surface area contributed by atoms with Crippen molar-refractivity contribution in [1.82, 2.24) is 20.4 Å². The smallest absolute Gasteiger partial charge is 0.191 e. The molecule has 6 nitrogen and oxygen atoms in total. The fourth-order valence-electron chi connectivity index (χ4n) is 3.55. The lowest BCUT2D eigenvalue weighted by atomic mass is 10.0. The normalized spacial score (nSPS) is 18.1.